The van der Waals surface area contributed by atoms with Crippen molar-refractivity contribution in [3.05, 3.63) is 58.1 Å². The number of rotatable bonds is 6. The summed E-state index contributed by atoms with van der Waals surface area (Å²) < 4.78 is 17.2. The van der Waals surface area contributed by atoms with Crippen LogP contribution < -0.4 is 14.8 Å². The third-order valence-corrected chi connectivity index (χ3v) is 5.58. The molecule has 7 heteroatoms. The zero-order valence-corrected chi connectivity index (χ0v) is 17.1. The topological polar surface area (TPSA) is 60.0 Å². The van der Waals surface area contributed by atoms with Gasteiger partial charge in [0.1, 0.15) is 0 Å². The summed E-state index contributed by atoms with van der Waals surface area (Å²) in [5.41, 5.74) is 2.10. The van der Waals surface area contributed by atoms with Gasteiger partial charge in [-0.3, -0.25) is 4.79 Å². The van der Waals surface area contributed by atoms with Crippen LogP contribution in [0.4, 0.5) is 0 Å². The van der Waals surface area contributed by atoms with E-state index < -0.39 is 0 Å². The van der Waals surface area contributed by atoms with E-state index in [1.54, 1.807) is 0 Å². The van der Waals surface area contributed by atoms with E-state index in [4.69, 9.17) is 14.2 Å². The fraction of sp³-hybridized carbons (Fsp3) is 0.381. The van der Waals surface area contributed by atoms with E-state index in [1.165, 1.54) is 0 Å². The number of ether oxygens (including phenoxy) is 3. The number of nitrogens with one attached hydrogen (secondary N) is 1. The summed E-state index contributed by atoms with van der Waals surface area (Å²) >= 11 is 3.53. The predicted molar refractivity (Wildman–Crippen MR) is 109 cm³/mol. The molecule has 0 radical (unpaired) electrons. The van der Waals surface area contributed by atoms with Crippen LogP contribution in [-0.2, 0) is 16.1 Å². The number of carbonyl (C=O) groups excluding carboxylic acids is 1. The van der Waals surface area contributed by atoms with Crippen LogP contribution >= 0.6 is 15.9 Å². The average Bonchev–Trinajstić information content (AvgIpc) is 3.21. The summed E-state index contributed by atoms with van der Waals surface area (Å²) in [6.07, 6.45) is 0. The summed E-state index contributed by atoms with van der Waals surface area (Å²) in [5.74, 6) is 1.41. The van der Waals surface area contributed by atoms with Crippen LogP contribution in [0.5, 0.6) is 11.5 Å². The lowest BCUT2D eigenvalue weighted by Crippen LogP contribution is -2.45. The van der Waals surface area contributed by atoms with Crippen molar-refractivity contribution < 1.29 is 19.0 Å². The molecule has 1 amide bonds. The molecule has 148 valence electrons. The van der Waals surface area contributed by atoms with Gasteiger partial charge in [-0.15, -0.1) is 0 Å². The normalized spacial score (nSPS) is 16.8. The highest BCUT2D eigenvalue weighted by molar-refractivity contribution is 9.10. The number of hydrogen-bond acceptors (Lipinski definition) is 5. The van der Waals surface area contributed by atoms with Gasteiger partial charge in [0.15, 0.2) is 11.5 Å². The standard InChI is InChI=1S/C21H23BrN2O4/c22-18-10-15(11-19-20(18)28-14-27-19)12-23-13-17(16-4-2-1-3-5-16)21(25)24-6-8-26-9-7-24/h1-5,10-11,17,23H,6-9,12-14H2. The van der Waals surface area contributed by atoms with Crippen molar-refractivity contribution >= 4 is 21.8 Å². The fourth-order valence-corrected chi connectivity index (χ4v) is 4.12. The number of carbonyl (C=O) groups is 1. The van der Waals surface area contributed by atoms with Gasteiger partial charge in [0.2, 0.25) is 12.7 Å². The zero-order valence-electron chi connectivity index (χ0n) is 15.5. The van der Waals surface area contributed by atoms with Crippen LogP contribution in [0.15, 0.2) is 46.9 Å². The zero-order chi connectivity index (χ0) is 19.3. The van der Waals surface area contributed by atoms with Crippen LogP contribution in [0.1, 0.15) is 17.0 Å². The van der Waals surface area contributed by atoms with Crippen LogP contribution in [0.25, 0.3) is 0 Å². The second-order valence-electron chi connectivity index (χ2n) is 6.84. The van der Waals surface area contributed by atoms with Crippen molar-refractivity contribution in [3.8, 4) is 11.5 Å². The molecule has 4 rings (SSSR count). The Balaban J connectivity index is 1.44. The number of morpholine rings is 1. The van der Waals surface area contributed by atoms with E-state index in [9.17, 15) is 4.79 Å². The Morgan fingerprint density at radius 2 is 1.93 bits per heavy atom. The smallest absolute Gasteiger partial charge is 0.231 e. The van der Waals surface area contributed by atoms with Gasteiger partial charge in [0.25, 0.3) is 0 Å². The molecule has 0 bridgehead atoms. The van der Waals surface area contributed by atoms with Crippen molar-refractivity contribution in [2.45, 2.75) is 12.5 Å². The molecule has 1 atom stereocenters. The highest BCUT2D eigenvalue weighted by Gasteiger charge is 2.27. The van der Waals surface area contributed by atoms with Crippen molar-refractivity contribution in [1.82, 2.24) is 10.2 Å². The molecular formula is C21H23BrN2O4. The van der Waals surface area contributed by atoms with Crippen LogP contribution in [-0.4, -0.2) is 50.4 Å². The van der Waals surface area contributed by atoms with Crippen molar-refractivity contribution in [2.24, 2.45) is 0 Å². The quantitative estimate of drug-likeness (QED) is 0.738. The summed E-state index contributed by atoms with van der Waals surface area (Å²) in [6, 6.07) is 13.9. The molecule has 2 aromatic carbocycles. The van der Waals surface area contributed by atoms with Crippen LogP contribution in [0, 0.1) is 0 Å². The molecule has 2 heterocycles. The van der Waals surface area contributed by atoms with Crippen molar-refractivity contribution in [1.29, 1.82) is 0 Å². The monoisotopic (exact) mass is 446 g/mol. The molecule has 0 spiro atoms. The first kappa shape index (κ1) is 19.2. The Bertz CT molecular complexity index is 825. The molecule has 2 aliphatic rings. The molecule has 1 unspecified atom stereocenters. The molecule has 0 aliphatic carbocycles. The maximum absolute atomic E-state index is 13.1. The number of benzene rings is 2. The van der Waals surface area contributed by atoms with Gasteiger partial charge in [0, 0.05) is 26.2 Å². The number of fused-ring (bicyclic) bond motifs is 1. The Morgan fingerprint density at radius 3 is 2.71 bits per heavy atom. The summed E-state index contributed by atoms with van der Waals surface area (Å²) in [6.45, 7) is 3.95. The van der Waals surface area contributed by atoms with E-state index in [-0.39, 0.29) is 18.6 Å². The van der Waals surface area contributed by atoms with Gasteiger partial charge in [-0.05, 0) is 39.2 Å². The molecule has 0 aromatic heterocycles. The van der Waals surface area contributed by atoms with Crippen molar-refractivity contribution in [3.63, 3.8) is 0 Å². The minimum Gasteiger partial charge on any atom is -0.454 e. The summed E-state index contributed by atoms with van der Waals surface area (Å²) in [7, 11) is 0. The lowest BCUT2D eigenvalue weighted by molar-refractivity contribution is -0.136. The van der Waals surface area contributed by atoms with E-state index in [1.807, 2.05) is 47.4 Å². The molecule has 1 fully saturated rings. The SMILES string of the molecule is O=C(C(CNCc1cc(Br)c2c(c1)OCO2)c1ccccc1)N1CCOCC1. The first-order valence-electron chi connectivity index (χ1n) is 9.42. The summed E-state index contributed by atoms with van der Waals surface area (Å²) in [4.78, 5) is 15.0. The maximum atomic E-state index is 13.1. The Morgan fingerprint density at radius 1 is 1.14 bits per heavy atom. The van der Waals surface area contributed by atoms with Gasteiger partial charge >= 0.3 is 0 Å². The van der Waals surface area contributed by atoms with Crippen molar-refractivity contribution in [2.75, 3.05) is 39.6 Å². The Kier molecular flexibility index (Phi) is 6.14. The number of nitrogens with zero attached hydrogens (tertiary/aromatic N) is 1. The molecule has 2 aliphatic heterocycles. The first-order valence-corrected chi connectivity index (χ1v) is 10.2. The molecule has 0 saturated carbocycles. The molecular weight excluding hydrogens is 424 g/mol. The molecule has 28 heavy (non-hydrogen) atoms. The van der Waals surface area contributed by atoms with Gasteiger partial charge < -0.3 is 24.4 Å². The number of halogens is 1. The van der Waals surface area contributed by atoms with Crippen LogP contribution in [0.2, 0.25) is 0 Å². The van der Waals surface area contributed by atoms with E-state index in [0.717, 1.165) is 27.1 Å². The van der Waals surface area contributed by atoms with E-state index in [0.29, 0.717) is 39.4 Å². The highest BCUT2D eigenvalue weighted by atomic mass is 79.9. The first-order chi connectivity index (χ1) is 13.7. The van der Waals surface area contributed by atoms with Gasteiger partial charge in [-0.2, -0.15) is 0 Å². The molecule has 6 nitrogen and oxygen atoms in total. The minimum absolute atomic E-state index is 0.147. The number of hydrogen-bond donors (Lipinski definition) is 1. The van der Waals surface area contributed by atoms with Gasteiger partial charge in [0.05, 0.1) is 23.6 Å². The van der Waals surface area contributed by atoms with E-state index in [2.05, 4.69) is 21.2 Å². The lowest BCUT2D eigenvalue weighted by Gasteiger charge is -2.30. The van der Waals surface area contributed by atoms with Gasteiger partial charge in [-0.25, -0.2) is 0 Å². The van der Waals surface area contributed by atoms with Crippen LogP contribution in [0.3, 0.4) is 0 Å². The molecule has 1 N–H and O–H groups in total. The lowest BCUT2D eigenvalue weighted by atomic mass is 9.97. The third-order valence-electron chi connectivity index (χ3n) is 4.99. The maximum Gasteiger partial charge on any atom is 0.231 e. The fourth-order valence-electron chi connectivity index (χ4n) is 3.52. The second-order valence-corrected chi connectivity index (χ2v) is 7.70. The average molecular weight is 447 g/mol. The highest BCUT2D eigenvalue weighted by Crippen LogP contribution is 2.39. The third kappa shape index (κ3) is 4.32. The summed E-state index contributed by atoms with van der Waals surface area (Å²) in [5, 5.41) is 3.44. The van der Waals surface area contributed by atoms with E-state index >= 15 is 0 Å². The molecule has 2 aromatic rings. The predicted octanol–water partition coefficient (Wildman–Crippen LogP) is 2.91. The number of amides is 1. The Hall–Kier alpha value is -2.09. The Labute approximate surface area is 172 Å². The molecule has 1 saturated heterocycles. The minimum atomic E-state index is -0.225. The largest absolute Gasteiger partial charge is 0.454 e. The van der Waals surface area contributed by atoms with Gasteiger partial charge in [-0.1, -0.05) is 30.3 Å². The second kappa shape index (κ2) is 8.94.